The molecule has 11 heteroatoms. The van der Waals surface area contributed by atoms with Gasteiger partial charge in [0.05, 0.1) is 39.2 Å². The molecule has 4 heterocycles. The Balaban J connectivity index is 1.20. The van der Waals surface area contributed by atoms with Crippen LogP contribution in [0.4, 0.5) is 11.4 Å². The Hall–Kier alpha value is -4.32. The molecule has 274 valence electrons. The van der Waals surface area contributed by atoms with E-state index >= 15 is 4.79 Å². The highest BCUT2D eigenvalue weighted by atomic mass is 28.3. The lowest BCUT2D eigenvalue weighted by molar-refractivity contribution is -0.146. The second kappa shape index (κ2) is 15.0. The number of aliphatic hydroxyl groups excluding tert-OH is 1. The number of hydrogen-bond donors (Lipinski definition) is 1. The number of hydrogen-bond acceptors (Lipinski definition) is 7. The van der Waals surface area contributed by atoms with E-state index in [0.717, 1.165) is 66.2 Å². The van der Waals surface area contributed by atoms with Gasteiger partial charge in [0.15, 0.2) is 5.60 Å². The number of anilines is 2. The molecule has 0 radical (unpaired) electrons. The van der Waals surface area contributed by atoms with Crippen LogP contribution in [0.3, 0.4) is 0 Å². The number of rotatable bonds is 11. The van der Waals surface area contributed by atoms with Gasteiger partial charge >= 0.3 is 0 Å². The number of aryl methyl sites for hydroxylation is 1. The van der Waals surface area contributed by atoms with Crippen LogP contribution in [0.25, 0.3) is 0 Å². The monoisotopic (exact) mass is 721 g/mol. The molecular formula is C41H51N5O5Si. The van der Waals surface area contributed by atoms with E-state index in [4.69, 9.17) is 9.47 Å². The van der Waals surface area contributed by atoms with Gasteiger partial charge < -0.3 is 24.4 Å². The number of amides is 2. The molecule has 1 aromatic heterocycles. The SMILES string of the molecule is COc1ccc([Si](C)(C)[C@H]2[C@H](CCn3cc(CCO)nn3)O[C@@]3(C(=O)N(Cc4ccc(N5CCCCCCC5=O)cc4)c4ccccc43)[C@@H]2C)cc1. The Labute approximate surface area is 307 Å². The van der Waals surface area contributed by atoms with Gasteiger partial charge in [0, 0.05) is 55.9 Å². The molecule has 52 heavy (non-hydrogen) atoms. The van der Waals surface area contributed by atoms with Crippen molar-refractivity contribution in [1.29, 1.82) is 0 Å². The van der Waals surface area contributed by atoms with Crippen LogP contribution in [0.5, 0.6) is 5.75 Å². The minimum Gasteiger partial charge on any atom is -0.497 e. The van der Waals surface area contributed by atoms with Gasteiger partial charge in [0.2, 0.25) is 5.91 Å². The van der Waals surface area contributed by atoms with Crippen LogP contribution in [-0.2, 0) is 39.4 Å². The molecule has 2 saturated heterocycles. The van der Waals surface area contributed by atoms with Crippen molar-refractivity contribution < 1.29 is 24.2 Å². The van der Waals surface area contributed by atoms with E-state index in [2.05, 4.69) is 60.7 Å². The second-order valence-electron chi connectivity index (χ2n) is 15.2. The van der Waals surface area contributed by atoms with Crippen molar-refractivity contribution in [3.05, 3.63) is 95.8 Å². The third-order valence-electron chi connectivity index (χ3n) is 11.8. The largest absolute Gasteiger partial charge is 0.497 e. The average molecular weight is 722 g/mol. The van der Waals surface area contributed by atoms with Crippen molar-refractivity contribution in [3.8, 4) is 5.75 Å². The summed E-state index contributed by atoms with van der Waals surface area (Å²) in [7, 11) is -0.610. The quantitative estimate of drug-likeness (QED) is 0.190. The number of carbonyl (C=O) groups is 2. The van der Waals surface area contributed by atoms with Crippen LogP contribution in [-0.4, -0.2) is 66.4 Å². The predicted octanol–water partition coefficient (Wildman–Crippen LogP) is 5.97. The highest BCUT2D eigenvalue weighted by Crippen LogP contribution is 2.60. The molecule has 4 aromatic rings. The molecule has 3 aromatic carbocycles. The fourth-order valence-corrected chi connectivity index (χ4v) is 13.1. The molecule has 1 spiro atoms. The molecule has 0 aliphatic carbocycles. The zero-order valence-corrected chi connectivity index (χ0v) is 31.8. The molecule has 1 N–H and O–H groups in total. The molecule has 0 unspecified atom stereocenters. The Morgan fingerprint density at radius 1 is 0.981 bits per heavy atom. The van der Waals surface area contributed by atoms with E-state index in [-0.39, 0.29) is 36.0 Å². The highest BCUT2D eigenvalue weighted by Gasteiger charge is 2.66. The van der Waals surface area contributed by atoms with Crippen LogP contribution < -0.4 is 19.7 Å². The molecule has 7 rings (SSSR count). The smallest absolute Gasteiger partial charge is 0.264 e. The minimum atomic E-state index is -2.29. The summed E-state index contributed by atoms with van der Waals surface area (Å²) in [5.41, 5.74) is 3.45. The maximum absolute atomic E-state index is 15.1. The predicted molar refractivity (Wildman–Crippen MR) is 205 cm³/mol. The lowest BCUT2D eigenvalue weighted by atomic mass is 9.82. The average Bonchev–Trinajstić information content (AvgIpc) is 3.79. The van der Waals surface area contributed by atoms with Gasteiger partial charge in [-0.1, -0.05) is 85.7 Å². The first-order valence-electron chi connectivity index (χ1n) is 18.8. The number of aliphatic hydroxyl groups is 1. The van der Waals surface area contributed by atoms with Crippen LogP contribution in [0.1, 0.15) is 62.3 Å². The maximum Gasteiger partial charge on any atom is 0.264 e. The fraction of sp³-hybridized carbons (Fsp3) is 0.463. The van der Waals surface area contributed by atoms with Gasteiger partial charge in [0.1, 0.15) is 5.75 Å². The zero-order chi connectivity index (χ0) is 36.5. The molecular weight excluding hydrogens is 671 g/mol. The standard InChI is InChI=1S/C41H51N5O5Si/c1-29-39(52(3,4)34-20-18-33(50-2)19-21-34)37(22-25-44-28-31(23-26-47)42-43-44)51-41(29)35-11-8-9-12-36(35)46(40(41)49)27-30-14-16-32(17-15-30)45-24-10-6-5-7-13-38(45)48/h8-9,11-12,14-21,28-29,37,39,47H,5-7,10,13,22-27H2,1-4H3/t29-,37+,39-,41+/m1/s1. The van der Waals surface area contributed by atoms with Crippen molar-refractivity contribution in [3.63, 3.8) is 0 Å². The van der Waals surface area contributed by atoms with Gasteiger partial charge in [-0.15, -0.1) is 5.10 Å². The second-order valence-corrected chi connectivity index (χ2v) is 19.9. The summed E-state index contributed by atoms with van der Waals surface area (Å²) < 4.78 is 14.6. The molecule has 0 saturated carbocycles. The summed E-state index contributed by atoms with van der Waals surface area (Å²) in [5.74, 6) is 0.868. The number of fused-ring (bicyclic) bond motifs is 2. The number of ether oxygens (including phenoxy) is 2. The first-order chi connectivity index (χ1) is 25.2. The van der Waals surface area contributed by atoms with Crippen molar-refractivity contribution in [2.75, 3.05) is 30.1 Å². The van der Waals surface area contributed by atoms with Crippen molar-refractivity contribution in [2.24, 2.45) is 5.92 Å². The van der Waals surface area contributed by atoms with E-state index in [1.54, 1.807) is 7.11 Å². The summed E-state index contributed by atoms with van der Waals surface area (Å²) in [5, 5.41) is 19.3. The topological polar surface area (TPSA) is 110 Å². The Morgan fingerprint density at radius 2 is 1.73 bits per heavy atom. The molecule has 3 aliphatic heterocycles. The molecule has 4 atom stereocenters. The number of benzene rings is 3. The van der Waals surface area contributed by atoms with Crippen molar-refractivity contribution >= 4 is 36.4 Å². The first kappa shape index (κ1) is 36.1. The maximum atomic E-state index is 15.1. The van der Waals surface area contributed by atoms with Gasteiger partial charge in [-0.05, 0) is 60.7 Å². The van der Waals surface area contributed by atoms with Gasteiger partial charge in [-0.25, -0.2) is 0 Å². The summed E-state index contributed by atoms with van der Waals surface area (Å²) in [4.78, 5) is 31.9. The van der Waals surface area contributed by atoms with Gasteiger partial charge in [0.25, 0.3) is 5.91 Å². The number of para-hydroxylation sites is 1. The highest BCUT2D eigenvalue weighted by molar-refractivity contribution is 6.91. The normalized spacial score (nSPS) is 23.6. The van der Waals surface area contributed by atoms with Gasteiger partial charge in [-0.3, -0.25) is 14.3 Å². The van der Waals surface area contributed by atoms with Crippen LogP contribution >= 0.6 is 0 Å². The van der Waals surface area contributed by atoms with E-state index in [1.807, 2.05) is 63.1 Å². The third kappa shape index (κ3) is 6.58. The number of carbonyl (C=O) groups excluding carboxylic acids is 2. The number of nitrogens with zero attached hydrogens (tertiary/aromatic N) is 5. The lowest BCUT2D eigenvalue weighted by Gasteiger charge is -2.37. The molecule has 2 fully saturated rings. The van der Waals surface area contributed by atoms with Gasteiger partial charge in [-0.2, -0.15) is 0 Å². The molecule has 0 bridgehead atoms. The summed E-state index contributed by atoms with van der Waals surface area (Å²) in [6, 6.07) is 24.7. The molecule has 2 amide bonds. The Bertz CT molecular complexity index is 1880. The van der Waals surface area contributed by atoms with E-state index < -0.39 is 13.7 Å². The minimum absolute atomic E-state index is 0.0223. The Kier molecular flexibility index (Phi) is 10.4. The van der Waals surface area contributed by atoms with Crippen LogP contribution in [0.2, 0.25) is 18.6 Å². The molecule has 10 nitrogen and oxygen atoms in total. The summed E-state index contributed by atoms with van der Waals surface area (Å²) in [6.07, 6.45) is 7.60. The van der Waals surface area contributed by atoms with Crippen molar-refractivity contribution in [1.82, 2.24) is 15.0 Å². The van der Waals surface area contributed by atoms with Crippen molar-refractivity contribution in [2.45, 2.75) is 95.3 Å². The summed E-state index contributed by atoms with van der Waals surface area (Å²) in [6.45, 7) is 8.75. The van der Waals surface area contributed by atoms with E-state index in [9.17, 15) is 9.90 Å². The third-order valence-corrected chi connectivity index (χ3v) is 16.1. The van der Waals surface area contributed by atoms with Crippen LogP contribution in [0, 0.1) is 5.92 Å². The Morgan fingerprint density at radius 3 is 2.48 bits per heavy atom. The summed E-state index contributed by atoms with van der Waals surface area (Å²) >= 11 is 0. The number of aromatic nitrogens is 3. The van der Waals surface area contributed by atoms with E-state index in [0.29, 0.717) is 32.4 Å². The van der Waals surface area contributed by atoms with E-state index in [1.165, 1.54) is 5.19 Å². The lowest BCUT2D eigenvalue weighted by Crippen LogP contribution is -2.51. The molecule has 3 aliphatic rings. The number of methoxy groups -OCH3 is 1. The fourth-order valence-electron chi connectivity index (χ4n) is 9.03. The van der Waals surface area contributed by atoms with Crippen LogP contribution in [0.15, 0.2) is 79.0 Å². The zero-order valence-electron chi connectivity index (χ0n) is 30.8. The first-order valence-corrected chi connectivity index (χ1v) is 21.9.